The summed E-state index contributed by atoms with van der Waals surface area (Å²) in [6, 6.07) is 4.69. The average Bonchev–Trinajstić information content (AvgIpc) is 0.696. The standard InChI is InChI=1S/C82H58O53/c83-29-1-18(2-30(84)49(29)97)69(109)122-16-42-63(127-70(110)19-3-31(85)50(98)32(86)4-19)65(129-71(111)20-5-33(87)51(99)34(88)6-20)67(79(125-42)133-72(112)21-7-35(89)52(100)36(90)8-21)132-78(118)28-13-40(94)55(103)60(108)61(28)124-41-14-24-46(58(106)56(41)104)45-23(12-39(93)54(102)57(45)105)75(115)130-66-64-43(17-123-74(24)114)126-80(134-73(113)22-9-37(91)53(101)38(92)10-22)68(66)131-77(117)27-11-25-47-26(76(116)128-64)15-44(95)82(121,81(47,119)120)135-62(25)59(107)48(27)96/h1-15,42-43,47,63-68,79-80,83-94,96-108,119-121H,16-17H2. The van der Waals surface area contributed by atoms with Gasteiger partial charge in [0.25, 0.3) is 5.79 Å². The van der Waals surface area contributed by atoms with E-state index < -0.39 is 391 Å². The van der Waals surface area contributed by atoms with Gasteiger partial charge in [0, 0.05) is 28.8 Å². The Labute approximate surface area is 741 Å². The van der Waals surface area contributed by atoms with Crippen molar-refractivity contribution in [2.45, 2.75) is 78.9 Å². The third kappa shape index (κ3) is 15.5. The normalized spacial score (nSPS) is 21.8. The largest absolute Gasteiger partial charge is 0.504 e. The molecule has 0 spiro atoms. The number of rotatable bonds is 15. The van der Waals surface area contributed by atoms with Crippen molar-refractivity contribution < 1.29 is 262 Å². The number of hydrogen-bond donors (Lipinski definition) is 28. The van der Waals surface area contributed by atoms with E-state index in [9.17, 15) is 177 Å². The minimum atomic E-state index is -4.13. The Balaban J connectivity index is 0.875. The Morgan fingerprint density at radius 1 is 0.356 bits per heavy atom. The smallest absolute Gasteiger partial charge is 0.342 e. The maximum atomic E-state index is 15.7. The molecule has 704 valence electrons. The molecule has 5 aliphatic heterocycles. The minimum absolute atomic E-state index is 0.0411. The van der Waals surface area contributed by atoms with Crippen molar-refractivity contribution in [3.63, 3.8) is 0 Å². The molecule has 5 heterocycles. The van der Waals surface area contributed by atoms with Crippen LogP contribution in [0.1, 0.15) is 105 Å². The first-order chi connectivity index (χ1) is 63.4. The number of benzene rings is 9. The minimum Gasteiger partial charge on any atom is -0.504 e. The first-order valence-corrected chi connectivity index (χ1v) is 37.5. The van der Waals surface area contributed by atoms with Gasteiger partial charge in [0.05, 0.1) is 50.4 Å². The molecule has 0 radical (unpaired) electrons. The van der Waals surface area contributed by atoms with Crippen LogP contribution in [-0.2, 0) is 66.4 Å². The second-order valence-electron chi connectivity index (χ2n) is 29.6. The van der Waals surface area contributed by atoms with E-state index in [1.165, 1.54) is 0 Å². The lowest BCUT2D eigenvalue weighted by molar-refractivity contribution is -0.339. The fraction of sp³-hybridized carbons (Fsp3) is 0.183. The SMILES string of the molecule is O=C1OC2C3COC(=O)c4cc(Oc5c(C(=O)OC6C(OC(=O)c7cc(O)c(O)c(O)c7)OC(COC(=O)c7cc(O)c(O)c(O)c7)C(OC(=O)c7cc(O)c(O)c(O)c7)C6OC(=O)c6cc(O)c(O)c(O)c6)cc(O)c(O)c5O)c(O)c(O)c4-c4c(cc(O)c(O)c4O)C(=O)OC2C(OC(=O)c2cc4c(c(O)c2O)OC2(O)C(=O)C=C1C4C2(O)O)C(OC(=O)c1cc(O)c(O)c(O)c1)O3. The van der Waals surface area contributed by atoms with Gasteiger partial charge in [-0.3, -0.25) is 4.79 Å². The molecule has 0 saturated carbocycles. The number of esters is 10. The molecule has 8 bridgehead atoms. The zero-order chi connectivity index (χ0) is 98.3. The molecule has 12 unspecified atom stereocenters. The molecule has 6 aliphatic rings. The van der Waals surface area contributed by atoms with Crippen LogP contribution in [0.3, 0.4) is 0 Å². The van der Waals surface area contributed by atoms with E-state index in [1.807, 2.05) is 0 Å². The number of carbonyl (C=O) groups excluding carboxylic acids is 11. The van der Waals surface area contributed by atoms with Gasteiger partial charge in [0.1, 0.15) is 36.5 Å². The summed E-state index contributed by atoms with van der Waals surface area (Å²) >= 11 is 0. The highest BCUT2D eigenvalue weighted by molar-refractivity contribution is 6.10. The molecule has 9 aromatic rings. The summed E-state index contributed by atoms with van der Waals surface area (Å²) in [5.74, 6) is -74.7. The number of ether oxygens (including phenoxy) is 14. The third-order valence-corrected chi connectivity index (χ3v) is 21.3. The van der Waals surface area contributed by atoms with E-state index in [0.717, 1.165) is 0 Å². The molecule has 0 aromatic heterocycles. The lowest BCUT2D eigenvalue weighted by Gasteiger charge is -2.49. The number of aliphatic hydroxyl groups is 3. The third-order valence-electron chi connectivity index (χ3n) is 21.3. The van der Waals surface area contributed by atoms with Gasteiger partial charge < -0.3 is 209 Å². The van der Waals surface area contributed by atoms with Crippen LogP contribution in [0.5, 0.6) is 161 Å². The number of carbonyl (C=O) groups is 11. The highest BCUT2D eigenvalue weighted by Crippen LogP contribution is 2.60. The summed E-state index contributed by atoms with van der Waals surface area (Å²) < 4.78 is 79.5. The Morgan fingerprint density at radius 3 is 1.27 bits per heavy atom. The van der Waals surface area contributed by atoms with Crippen molar-refractivity contribution in [1.82, 2.24) is 0 Å². The molecule has 53 nitrogen and oxygen atoms in total. The van der Waals surface area contributed by atoms with E-state index in [4.69, 9.17) is 66.3 Å². The van der Waals surface area contributed by atoms with Crippen molar-refractivity contribution in [3.05, 3.63) is 152 Å². The van der Waals surface area contributed by atoms with Crippen LogP contribution in [0.15, 0.2) is 96.6 Å². The van der Waals surface area contributed by atoms with Crippen LogP contribution >= 0.6 is 0 Å². The Bertz CT molecular complexity index is 6630. The Hall–Kier alpha value is -18.5. The van der Waals surface area contributed by atoms with Crippen molar-refractivity contribution in [1.29, 1.82) is 0 Å². The van der Waals surface area contributed by atoms with Gasteiger partial charge in [-0.25, -0.2) is 47.9 Å². The van der Waals surface area contributed by atoms with Gasteiger partial charge in [-0.15, -0.1) is 0 Å². The first kappa shape index (κ1) is 91.2. The number of aromatic hydroxyl groups is 25. The molecule has 1 aliphatic carbocycles. The highest BCUT2D eigenvalue weighted by Gasteiger charge is 2.70. The molecule has 9 aromatic carbocycles. The fourth-order valence-electron chi connectivity index (χ4n) is 14.7. The van der Waals surface area contributed by atoms with Crippen LogP contribution < -0.4 is 9.47 Å². The van der Waals surface area contributed by atoms with E-state index in [0.29, 0.717) is 66.7 Å². The van der Waals surface area contributed by atoms with Gasteiger partial charge >= 0.3 is 65.5 Å². The van der Waals surface area contributed by atoms with Gasteiger partial charge in [0.2, 0.25) is 59.3 Å². The van der Waals surface area contributed by atoms with Crippen LogP contribution in [0.2, 0.25) is 0 Å². The van der Waals surface area contributed by atoms with Gasteiger partial charge in [-0.05, 0) is 78.9 Å². The topological polar surface area (TPSA) is 883 Å². The maximum Gasteiger partial charge on any atom is 0.342 e. The average molecular weight is 1890 g/mol. The van der Waals surface area contributed by atoms with Gasteiger partial charge in [-0.1, -0.05) is 0 Å². The van der Waals surface area contributed by atoms with Crippen LogP contribution in [-0.4, -0.2) is 295 Å². The lowest BCUT2D eigenvalue weighted by Crippen LogP contribution is -2.70. The summed E-state index contributed by atoms with van der Waals surface area (Å²) in [6.07, 6.45) is -28.7. The fourth-order valence-corrected chi connectivity index (χ4v) is 14.7. The Kier molecular flexibility index (Phi) is 22.4. The second kappa shape index (κ2) is 33.2. The van der Waals surface area contributed by atoms with E-state index in [2.05, 4.69) is 0 Å². The maximum absolute atomic E-state index is 15.7. The highest BCUT2D eigenvalue weighted by atomic mass is 16.8. The molecule has 28 N–H and O–H groups in total. The van der Waals surface area contributed by atoms with Gasteiger partial charge in [0.15, 0.2) is 157 Å². The predicted octanol–water partition coefficient (Wildman–Crippen LogP) is 0.985. The van der Waals surface area contributed by atoms with E-state index >= 15 is 19.2 Å². The van der Waals surface area contributed by atoms with E-state index in [1.54, 1.807) is 0 Å². The van der Waals surface area contributed by atoms with Crippen molar-refractivity contribution in [2.75, 3.05) is 13.2 Å². The summed E-state index contributed by atoms with van der Waals surface area (Å²) in [5, 5.41) is 307. The number of cyclic esters (lactones) is 1. The quantitative estimate of drug-likeness (QED) is 0.0294. The zero-order valence-electron chi connectivity index (χ0n) is 66.2. The molecule has 0 amide bonds. The Morgan fingerprint density at radius 2 is 0.763 bits per heavy atom. The number of phenols is 25. The summed E-state index contributed by atoms with van der Waals surface area (Å²) in [7, 11) is 0. The number of hydrogen-bond acceptors (Lipinski definition) is 53. The monoisotopic (exact) mass is 1890 g/mol. The number of fused-ring (bicyclic) bond motifs is 5. The molecular weight excluding hydrogens is 1830 g/mol. The van der Waals surface area contributed by atoms with Crippen LogP contribution in [0.25, 0.3) is 11.1 Å². The molecule has 53 heteroatoms. The second-order valence-corrected chi connectivity index (χ2v) is 29.6. The van der Waals surface area contributed by atoms with Crippen molar-refractivity contribution >= 4 is 65.5 Å². The summed E-state index contributed by atoms with van der Waals surface area (Å²) in [4.78, 5) is 163. The van der Waals surface area contributed by atoms with Crippen molar-refractivity contribution in [3.8, 4) is 172 Å². The van der Waals surface area contributed by atoms with Gasteiger partial charge in [-0.2, -0.15) is 0 Å². The summed E-state index contributed by atoms with van der Waals surface area (Å²) in [5.41, 5.74) is -16.6. The molecule has 135 heavy (non-hydrogen) atoms. The van der Waals surface area contributed by atoms with Crippen molar-refractivity contribution in [2.24, 2.45) is 0 Å². The zero-order valence-corrected chi connectivity index (χ0v) is 66.2. The number of ketones is 1. The van der Waals surface area contributed by atoms with Crippen LogP contribution in [0.4, 0.5) is 0 Å². The lowest BCUT2D eigenvalue weighted by atomic mass is 9.71. The number of phenolic OH excluding ortho intramolecular Hbond substituents is 25. The molecule has 12 atom stereocenters. The molecule has 2 fully saturated rings. The summed E-state index contributed by atoms with van der Waals surface area (Å²) in [6.45, 7) is -3.30. The first-order valence-electron chi connectivity index (χ1n) is 37.5. The van der Waals surface area contributed by atoms with Crippen LogP contribution in [0, 0.1) is 0 Å². The molecular formula is C82H58O53. The molecule has 15 rings (SSSR count). The molecule has 2 saturated heterocycles. The van der Waals surface area contributed by atoms with E-state index in [-0.39, 0.29) is 24.3 Å². The predicted molar refractivity (Wildman–Crippen MR) is 412 cm³/mol.